The number of benzene rings is 1. The van der Waals surface area contributed by atoms with Gasteiger partial charge in [0, 0.05) is 16.8 Å². The molecule has 0 fully saturated rings. The lowest BCUT2D eigenvalue weighted by Gasteiger charge is -2.13. The molecule has 0 aliphatic rings. The second kappa shape index (κ2) is 6.41. The third kappa shape index (κ3) is 4.67. The summed E-state index contributed by atoms with van der Waals surface area (Å²) in [5.74, 6) is 0.375. The predicted molar refractivity (Wildman–Crippen MR) is 66.3 cm³/mol. The van der Waals surface area contributed by atoms with Crippen LogP contribution < -0.4 is 4.52 Å². The van der Waals surface area contributed by atoms with Crippen molar-refractivity contribution in [1.29, 1.82) is 0 Å². The maximum absolute atomic E-state index is 11.7. The van der Waals surface area contributed by atoms with Gasteiger partial charge in [0.2, 0.25) is 0 Å². The minimum absolute atomic E-state index is 0.0433. The number of alkyl halides is 1. The fourth-order valence-electron chi connectivity index (χ4n) is 0.839. The normalized spacial score (nSPS) is 15.3. The van der Waals surface area contributed by atoms with Crippen molar-refractivity contribution in [2.75, 3.05) is 5.88 Å². The molecule has 0 aliphatic carbocycles. The molecule has 0 aliphatic heterocycles. The predicted octanol–water partition coefficient (Wildman–Crippen LogP) is 4.75. The summed E-state index contributed by atoms with van der Waals surface area (Å²) in [6.07, 6.45) is 0. The molecule has 1 unspecified atom stereocenters. The Morgan fingerprint density at radius 3 is 2.50 bits per heavy atom. The number of hydrogen-bond donors (Lipinski definition) is 0. The topological polar surface area (TPSA) is 35.5 Å². The van der Waals surface area contributed by atoms with Crippen LogP contribution >= 0.6 is 41.4 Å². The zero-order valence-electron chi connectivity index (χ0n) is 7.98. The number of para-hydroxylation sites is 1. The van der Waals surface area contributed by atoms with Crippen molar-refractivity contribution in [3.63, 3.8) is 0 Å². The third-order valence-corrected chi connectivity index (χ3v) is 3.24. The first-order valence-electron chi connectivity index (χ1n) is 4.16. The number of hydrogen-bond acceptors (Lipinski definition) is 3. The minimum atomic E-state index is -3.77. The van der Waals surface area contributed by atoms with Gasteiger partial charge in [0.05, 0.1) is 5.88 Å². The maximum atomic E-state index is 11.7. The van der Waals surface area contributed by atoms with Crippen LogP contribution in [0.4, 0.5) is 0 Å². The van der Waals surface area contributed by atoms with E-state index >= 15 is 0 Å². The van der Waals surface area contributed by atoms with Gasteiger partial charge in [0.15, 0.2) is 0 Å². The van der Waals surface area contributed by atoms with Gasteiger partial charge in [0.1, 0.15) is 11.5 Å². The Morgan fingerprint density at radius 1 is 1.38 bits per heavy atom. The highest BCUT2D eigenvalue weighted by molar-refractivity contribution is 7.81. The smallest absolute Gasteiger partial charge is 0.407 e. The Balaban J connectivity index is 2.69. The highest BCUT2D eigenvalue weighted by atomic mass is 35.7. The van der Waals surface area contributed by atoms with Gasteiger partial charge in [-0.2, -0.15) is 0 Å². The molecule has 1 rings (SSSR count). The molecule has 16 heavy (non-hydrogen) atoms. The molecule has 1 aromatic carbocycles. The Hall–Kier alpha value is -0.340. The molecule has 0 saturated heterocycles. The average Bonchev–Trinajstić information content (AvgIpc) is 2.26. The van der Waals surface area contributed by atoms with Gasteiger partial charge >= 0.3 is 6.95 Å². The SMILES string of the molecule is O=P(Cl)(O/C(=C\Cl)CCl)Oc1ccccc1. The number of rotatable bonds is 5. The Kier molecular flexibility index (Phi) is 5.50. The quantitative estimate of drug-likeness (QED) is 0.447. The molecule has 3 nitrogen and oxygen atoms in total. The van der Waals surface area contributed by atoms with Crippen LogP contribution in [0.15, 0.2) is 41.6 Å². The van der Waals surface area contributed by atoms with E-state index in [1.807, 2.05) is 0 Å². The molecule has 88 valence electrons. The molecular formula is C9H8Cl3O3P. The van der Waals surface area contributed by atoms with E-state index in [2.05, 4.69) is 0 Å². The molecule has 0 N–H and O–H groups in total. The van der Waals surface area contributed by atoms with Gasteiger partial charge in [-0.05, 0) is 12.1 Å². The van der Waals surface area contributed by atoms with E-state index in [9.17, 15) is 4.57 Å². The maximum Gasteiger partial charge on any atom is 0.530 e. The average molecular weight is 301 g/mol. The van der Waals surface area contributed by atoms with Gasteiger partial charge in [-0.1, -0.05) is 29.8 Å². The lowest BCUT2D eigenvalue weighted by molar-refractivity contribution is 0.351. The summed E-state index contributed by atoms with van der Waals surface area (Å²) in [5.41, 5.74) is 1.05. The largest absolute Gasteiger partial charge is 0.530 e. The van der Waals surface area contributed by atoms with Crippen molar-refractivity contribution < 1.29 is 13.6 Å². The van der Waals surface area contributed by atoms with Crippen LogP contribution in [0, 0.1) is 0 Å². The Bertz CT molecular complexity index is 408. The van der Waals surface area contributed by atoms with Gasteiger partial charge in [0.25, 0.3) is 0 Å². The zero-order chi connectivity index (χ0) is 12.0. The van der Waals surface area contributed by atoms with E-state index in [4.69, 9.17) is 43.5 Å². The summed E-state index contributed by atoms with van der Waals surface area (Å²) in [4.78, 5) is 0. The van der Waals surface area contributed by atoms with Crippen LogP contribution in [0.25, 0.3) is 0 Å². The van der Waals surface area contributed by atoms with E-state index in [0.29, 0.717) is 5.75 Å². The van der Waals surface area contributed by atoms with E-state index in [-0.39, 0.29) is 11.6 Å². The van der Waals surface area contributed by atoms with Gasteiger partial charge in [-0.15, -0.1) is 11.6 Å². The zero-order valence-corrected chi connectivity index (χ0v) is 11.1. The minimum Gasteiger partial charge on any atom is -0.407 e. The van der Waals surface area contributed by atoms with Crippen molar-refractivity contribution in [2.24, 2.45) is 0 Å². The fraction of sp³-hybridized carbons (Fsp3) is 0.111. The highest BCUT2D eigenvalue weighted by Crippen LogP contribution is 2.55. The number of allylic oxidation sites excluding steroid dienone is 1. The molecule has 0 heterocycles. The van der Waals surface area contributed by atoms with Gasteiger partial charge < -0.3 is 9.05 Å². The van der Waals surface area contributed by atoms with Crippen LogP contribution in [0.5, 0.6) is 5.75 Å². The summed E-state index contributed by atoms with van der Waals surface area (Å²) in [6, 6.07) is 8.42. The molecule has 1 aromatic rings. The Morgan fingerprint density at radius 2 is 2.00 bits per heavy atom. The first-order valence-corrected chi connectivity index (χ1v) is 7.58. The van der Waals surface area contributed by atoms with Crippen molar-refractivity contribution in [3.8, 4) is 5.75 Å². The fourth-order valence-corrected chi connectivity index (χ4v) is 2.62. The van der Waals surface area contributed by atoms with Crippen LogP contribution in [0.2, 0.25) is 0 Å². The van der Waals surface area contributed by atoms with Crippen molar-refractivity contribution in [3.05, 3.63) is 41.6 Å². The second-order valence-corrected chi connectivity index (χ2v) is 5.59. The van der Waals surface area contributed by atoms with E-state index in [1.54, 1.807) is 30.3 Å². The summed E-state index contributed by atoms with van der Waals surface area (Å²) in [7, 11) is 0. The molecule has 7 heteroatoms. The number of halogens is 3. The van der Waals surface area contributed by atoms with Crippen molar-refractivity contribution in [1.82, 2.24) is 0 Å². The van der Waals surface area contributed by atoms with Crippen LogP contribution in [0.3, 0.4) is 0 Å². The molecule has 0 aromatic heterocycles. The summed E-state index contributed by atoms with van der Waals surface area (Å²) in [6.45, 7) is -3.77. The van der Waals surface area contributed by atoms with Crippen molar-refractivity contribution >= 4 is 41.4 Å². The molecular weight excluding hydrogens is 293 g/mol. The molecule has 0 radical (unpaired) electrons. The second-order valence-electron chi connectivity index (χ2n) is 2.64. The Labute approximate surface area is 108 Å². The molecule has 0 saturated carbocycles. The van der Waals surface area contributed by atoms with E-state index in [1.165, 1.54) is 0 Å². The molecule has 1 atom stereocenters. The third-order valence-electron chi connectivity index (χ3n) is 1.44. The lowest BCUT2D eigenvalue weighted by atomic mass is 10.3. The monoisotopic (exact) mass is 300 g/mol. The first kappa shape index (κ1) is 13.7. The van der Waals surface area contributed by atoms with Crippen LogP contribution in [-0.4, -0.2) is 5.88 Å². The van der Waals surface area contributed by atoms with Gasteiger partial charge in [-0.25, -0.2) is 4.57 Å². The van der Waals surface area contributed by atoms with Gasteiger partial charge in [-0.3, -0.25) is 0 Å². The van der Waals surface area contributed by atoms with Crippen LogP contribution in [0.1, 0.15) is 0 Å². The van der Waals surface area contributed by atoms with E-state index < -0.39 is 6.95 Å². The summed E-state index contributed by atoms with van der Waals surface area (Å²) in [5, 5.41) is 0. The molecule has 0 amide bonds. The highest BCUT2D eigenvalue weighted by Gasteiger charge is 2.25. The summed E-state index contributed by atoms with van der Waals surface area (Å²) >= 11 is 16.4. The summed E-state index contributed by atoms with van der Waals surface area (Å²) < 4.78 is 21.5. The lowest BCUT2D eigenvalue weighted by Crippen LogP contribution is -1.94. The van der Waals surface area contributed by atoms with E-state index in [0.717, 1.165) is 5.54 Å². The molecule has 0 spiro atoms. The molecule has 0 bridgehead atoms. The van der Waals surface area contributed by atoms with Crippen LogP contribution in [-0.2, 0) is 9.09 Å². The first-order chi connectivity index (χ1) is 7.57. The van der Waals surface area contributed by atoms with Crippen molar-refractivity contribution in [2.45, 2.75) is 0 Å². The standard InChI is InChI=1S/C9H8Cl3O3P/c10-6-9(7-11)15-16(12,13)14-8-4-2-1-3-5-8/h1-6H,7H2/b9-6-.